The van der Waals surface area contributed by atoms with Gasteiger partial charge in [-0.15, -0.1) is 11.3 Å². The van der Waals surface area contributed by atoms with Crippen molar-refractivity contribution in [2.45, 2.75) is 13.8 Å². The Kier molecular flexibility index (Phi) is 8.91. The van der Waals surface area contributed by atoms with Gasteiger partial charge in [0.05, 0.1) is 5.69 Å². The first-order chi connectivity index (χ1) is 22.0. The summed E-state index contributed by atoms with van der Waals surface area (Å²) in [5.41, 5.74) is 9.99. The number of hydrogen-bond acceptors (Lipinski definition) is 3. The van der Waals surface area contributed by atoms with Crippen LogP contribution in [0.25, 0.3) is 59.7 Å². The van der Waals surface area contributed by atoms with E-state index >= 15 is 0 Å². The van der Waals surface area contributed by atoms with Gasteiger partial charge in [0.15, 0.2) is 5.82 Å². The molecular formula is C42H34N2S. The van der Waals surface area contributed by atoms with Crippen LogP contribution in [0.1, 0.15) is 30.5 Å². The van der Waals surface area contributed by atoms with E-state index in [9.17, 15) is 0 Å². The molecule has 2 heterocycles. The molecule has 0 fully saturated rings. The molecule has 5 aromatic carbocycles. The zero-order valence-electron chi connectivity index (χ0n) is 25.6. The van der Waals surface area contributed by atoms with Crippen molar-refractivity contribution in [1.82, 2.24) is 9.97 Å². The third-order valence-corrected chi connectivity index (χ3v) is 8.75. The molecule has 0 saturated carbocycles. The summed E-state index contributed by atoms with van der Waals surface area (Å²) in [6.45, 7) is 12.3. The summed E-state index contributed by atoms with van der Waals surface area (Å²) in [5, 5.41) is 2.35. The van der Waals surface area contributed by atoms with Gasteiger partial charge in [0.2, 0.25) is 0 Å². The molecule has 7 aromatic rings. The van der Waals surface area contributed by atoms with Gasteiger partial charge in [-0.2, -0.15) is 0 Å². The van der Waals surface area contributed by atoms with Crippen LogP contribution in [0.5, 0.6) is 0 Å². The zero-order chi connectivity index (χ0) is 31.2. The highest BCUT2D eigenvalue weighted by Crippen LogP contribution is 2.39. The van der Waals surface area contributed by atoms with E-state index in [1.807, 2.05) is 37.3 Å². The second-order valence-corrected chi connectivity index (χ2v) is 12.0. The molecule has 0 bridgehead atoms. The molecule has 0 aliphatic rings. The van der Waals surface area contributed by atoms with E-state index in [1.54, 1.807) is 11.3 Å². The van der Waals surface area contributed by atoms with Crippen LogP contribution in [0.3, 0.4) is 0 Å². The largest absolute Gasteiger partial charge is 0.227 e. The lowest BCUT2D eigenvalue weighted by Gasteiger charge is -2.08. The Morgan fingerprint density at radius 2 is 1.16 bits per heavy atom. The molecule has 0 saturated heterocycles. The highest BCUT2D eigenvalue weighted by atomic mass is 32.1. The monoisotopic (exact) mass is 598 g/mol. The third kappa shape index (κ3) is 6.75. The van der Waals surface area contributed by atoms with Crippen molar-refractivity contribution in [2.24, 2.45) is 0 Å². The maximum absolute atomic E-state index is 5.01. The van der Waals surface area contributed by atoms with Crippen molar-refractivity contribution in [3.05, 3.63) is 175 Å². The van der Waals surface area contributed by atoms with E-state index in [-0.39, 0.29) is 0 Å². The first-order valence-corrected chi connectivity index (χ1v) is 15.8. The highest BCUT2D eigenvalue weighted by Gasteiger charge is 2.16. The minimum Gasteiger partial charge on any atom is -0.227 e. The Balaban J connectivity index is 0.000000180. The SMILES string of the molecule is C=C(/C=C(\C)c1ccccc1)c1ccccc1.C=C(C)c1ccc(-c2nc(-c3ccccc3)c3c(n2)sc2ccccc23)cc1. The smallest absolute Gasteiger partial charge is 0.161 e. The average molecular weight is 599 g/mol. The lowest BCUT2D eigenvalue weighted by atomic mass is 10.0. The minimum absolute atomic E-state index is 0.756. The Hall–Kier alpha value is -5.38. The van der Waals surface area contributed by atoms with E-state index in [1.165, 1.54) is 26.8 Å². The molecule has 45 heavy (non-hydrogen) atoms. The predicted molar refractivity (Wildman–Crippen MR) is 196 cm³/mol. The fourth-order valence-corrected chi connectivity index (χ4v) is 6.32. The van der Waals surface area contributed by atoms with E-state index in [0.29, 0.717) is 0 Å². The Labute approximate surface area is 269 Å². The summed E-state index contributed by atoms with van der Waals surface area (Å²) < 4.78 is 1.23. The fraction of sp³-hybridized carbons (Fsp3) is 0.0476. The van der Waals surface area contributed by atoms with Gasteiger partial charge in [-0.25, -0.2) is 9.97 Å². The number of allylic oxidation sites excluding steroid dienone is 4. The van der Waals surface area contributed by atoms with Gasteiger partial charge in [-0.05, 0) is 47.8 Å². The fourth-order valence-electron chi connectivity index (χ4n) is 5.24. The molecule has 2 aromatic heterocycles. The number of rotatable bonds is 6. The molecule has 0 N–H and O–H groups in total. The molecule has 218 valence electrons. The van der Waals surface area contributed by atoms with Crippen LogP contribution in [0, 0.1) is 0 Å². The second-order valence-electron chi connectivity index (χ2n) is 11.0. The van der Waals surface area contributed by atoms with Crippen molar-refractivity contribution < 1.29 is 0 Å². The molecule has 0 spiro atoms. The zero-order valence-corrected chi connectivity index (χ0v) is 26.4. The van der Waals surface area contributed by atoms with Gasteiger partial charge < -0.3 is 0 Å². The summed E-state index contributed by atoms with van der Waals surface area (Å²) >= 11 is 1.72. The molecule has 0 radical (unpaired) electrons. The quantitative estimate of drug-likeness (QED) is 0.178. The van der Waals surface area contributed by atoms with Gasteiger partial charge in [0.25, 0.3) is 0 Å². The maximum atomic E-state index is 5.01. The van der Waals surface area contributed by atoms with Gasteiger partial charge in [0, 0.05) is 26.6 Å². The van der Waals surface area contributed by atoms with Crippen LogP contribution in [0.15, 0.2) is 159 Å². The van der Waals surface area contributed by atoms with E-state index in [4.69, 9.17) is 9.97 Å². The van der Waals surface area contributed by atoms with Crippen LogP contribution >= 0.6 is 11.3 Å². The number of nitrogens with zero attached hydrogens (tertiary/aromatic N) is 2. The lowest BCUT2D eigenvalue weighted by molar-refractivity contribution is 1.24. The Morgan fingerprint density at radius 1 is 0.578 bits per heavy atom. The summed E-state index contributed by atoms with van der Waals surface area (Å²) in [7, 11) is 0. The van der Waals surface area contributed by atoms with Crippen LogP contribution < -0.4 is 0 Å². The molecular weight excluding hydrogens is 565 g/mol. The first-order valence-electron chi connectivity index (χ1n) is 15.0. The molecule has 0 amide bonds. The summed E-state index contributed by atoms with van der Waals surface area (Å²) in [4.78, 5) is 11.0. The van der Waals surface area contributed by atoms with Crippen molar-refractivity contribution in [3.63, 3.8) is 0 Å². The summed E-state index contributed by atoms with van der Waals surface area (Å²) in [6, 6.07) is 47.8. The van der Waals surface area contributed by atoms with Crippen molar-refractivity contribution >= 4 is 48.4 Å². The van der Waals surface area contributed by atoms with E-state index in [0.717, 1.165) is 49.6 Å². The number of fused-ring (bicyclic) bond motifs is 3. The number of benzene rings is 5. The van der Waals surface area contributed by atoms with Crippen molar-refractivity contribution in [3.8, 4) is 22.6 Å². The van der Waals surface area contributed by atoms with E-state index in [2.05, 4.69) is 135 Å². The van der Waals surface area contributed by atoms with Crippen molar-refractivity contribution in [1.29, 1.82) is 0 Å². The Morgan fingerprint density at radius 3 is 1.80 bits per heavy atom. The highest BCUT2D eigenvalue weighted by molar-refractivity contribution is 7.25. The van der Waals surface area contributed by atoms with Crippen molar-refractivity contribution in [2.75, 3.05) is 0 Å². The molecule has 3 heteroatoms. The van der Waals surface area contributed by atoms with Crippen LogP contribution in [-0.4, -0.2) is 9.97 Å². The average Bonchev–Trinajstić information content (AvgIpc) is 3.48. The number of aromatic nitrogens is 2. The van der Waals surface area contributed by atoms with Crippen LogP contribution in [-0.2, 0) is 0 Å². The van der Waals surface area contributed by atoms with Gasteiger partial charge in [-0.3, -0.25) is 0 Å². The molecule has 7 rings (SSSR count). The van der Waals surface area contributed by atoms with Gasteiger partial charge in [0.1, 0.15) is 4.83 Å². The third-order valence-electron chi connectivity index (χ3n) is 7.69. The first kappa shape index (κ1) is 29.7. The van der Waals surface area contributed by atoms with Gasteiger partial charge >= 0.3 is 0 Å². The topological polar surface area (TPSA) is 25.8 Å². The molecule has 0 unspecified atom stereocenters. The Bertz CT molecular complexity index is 2120. The van der Waals surface area contributed by atoms with Crippen LogP contribution in [0.4, 0.5) is 0 Å². The summed E-state index contributed by atoms with van der Waals surface area (Å²) in [5.74, 6) is 0.756. The molecule has 0 aliphatic heterocycles. The van der Waals surface area contributed by atoms with E-state index < -0.39 is 0 Å². The molecule has 0 aliphatic carbocycles. The standard InChI is InChI=1S/C25H18N2S.C17H16/c1-16(2)17-12-14-19(15-13-17)24-26-23(18-8-4-3-5-9-18)22-20-10-6-7-11-21(20)28-25(22)27-24;1-14(16-9-5-3-6-10-16)13-15(2)17-11-7-4-8-12-17/h3-15H,1H2,2H3;3-13H,1H2,2H3/b;15-13+. The maximum Gasteiger partial charge on any atom is 0.161 e. The molecule has 0 atom stereocenters. The second kappa shape index (κ2) is 13.5. The summed E-state index contributed by atoms with van der Waals surface area (Å²) in [6.07, 6.45) is 2.13. The lowest BCUT2D eigenvalue weighted by Crippen LogP contribution is -1.93. The van der Waals surface area contributed by atoms with Gasteiger partial charge in [-0.1, -0.05) is 158 Å². The number of thiophene rings is 1. The normalized spacial score (nSPS) is 11.2. The predicted octanol–water partition coefficient (Wildman–Crippen LogP) is 12.0. The minimum atomic E-state index is 0.756. The number of hydrogen-bond donors (Lipinski definition) is 0. The van der Waals surface area contributed by atoms with Crippen LogP contribution in [0.2, 0.25) is 0 Å². The molecule has 2 nitrogen and oxygen atoms in total.